The number of nitrogens with one attached hydrogen (secondary N) is 1. The third-order valence-electron chi connectivity index (χ3n) is 7.40. The van der Waals surface area contributed by atoms with Crippen molar-refractivity contribution in [2.45, 2.75) is 44.2 Å². The normalized spacial score (nSPS) is 23.3. The summed E-state index contributed by atoms with van der Waals surface area (Å²) in [5, 5.41) is 12.1. The molecule has 33 heavy (non-hydrogen) atoms. The van der Waals surface area contributed by atoms with Crippen LogP contribution in [0, 0.1) is 11.8 Å². The number of rotatable bonds is 7. The molecule has 1 saturated carbocycles. The summed E-state index contributed by atoms with van der Waals surface area (Å²) in [6.07, 6.45) is 1.05. The second kappa shape index (κ2) is 8.54. The van der Waals surface area contributed by atoms with Crippen LogP contribution < -0.4 is 5.32 Å². The van der Waals surface area contributed by atoms with Gasteiger partial charge in [-0.2, -0.15) is 0 Å². The minimum absolute atomic E-state index is 0.00358. The molecule has 2 heterocycles. The average molecular weight is 449 g/mol. The van der Waals surface area contributed by atoms with Crippen LogP contribution in [0.5, 0.6) is 0 Å². The van der Waals surface area contributed by atoms with Crippen LogP contribution in [-0.4, -0.2) is 53.2 Å². The number of carbonyl (C=O) groups is 3. The van der Waals surface area contributed by atoms with Crippen molar-refractivity contribution in [3.8, 4) is 11.1 Å². The number of ether oxygens (including phenoxy) is 1. The van der Waals surface area contributed by atoms with E-state index >= 15 is 0 Å². The highest BCUT2D eigenvalue weighted by atomic mass is 16.5. The summed E-state index contributed by atoms with van der Waals surface area (Å²) < 4.78 is 5.57. The molecular weight excluding hydrogens is 420 g/mol. The van der Waals surface area contributed by atoms with E-state index in [9.17, 15) is 19.5 Å². The molecule has 2 aromatic carbocycles. The SMILES string of the molecule is CC(CCC(=O)N1CC2CC1C2C(=O)O)NC(=O)OCC1c2ccccc2-c2ccccc21. The lowest BCUT2D eigenvalue weighted by Crippen LogP contribution is -2.45. The van der Waals surface area contributed by atoms with E-state index in [4.69, 9.17) is 4.74 Å². The predicted molar refractivity (Wildman–Crippen MR) is 122 cm³/mol. The van der Waals surface area contributed by atoms with Gasteiger partial charge in [-0.05, 0) is 47.9 Å². The Labute approximate surface area is 192 Å². The molecule has 2 bridgehead atoms. The fourth-order valence-electron chi connectivity index (χ4n) is 5.67. The molecule has 6 rings (SSSR count). The Hall–Kier alpha value is -3.35. The molecule has 2 N–H and O–H groups in total. The number of nitrogens with zero attached hydrogens (tertiary/aromatic N) is 1. The predicted octanol–water partition coefficient (Wildman–Crippen LogP) is 3.63. The molecule has 7 heteroatoms. The third-order valence-corrected chi connectivity index (χ3v) is 7.40. The van der Waals surface area contributed by atoms with Crippen molar-refractivity contribution >= 4 is 18.0 Å². The summed E-state index contributed by atoms with van der Waals surface area (Å²) in [6.45, 7) is 2.63. The lowest BCUT2D eigenvalue weighted by Gasteiger charge is -2.33. The fourth-order valence-corrected chi connectivity index (χ4v) is 5.67. The summed E-state index contributed by atoms with van der Waals surface area (Å²) in [6, 6.07) is 16.0. The number of hydrogen-bond acceptors (Lipinski definition) is 4. The van der Waals surface area contributed by atoms with Crippen LogP contribution in [0.2, 0.25) is 0 Å². The van der Waals surface area contributed by atoms with Crippen molar-refractivity contribution in [1.82, 2.24) is 10.2 Å². The Balaban J connectivity index is 1.10. The minimum Gasteiger partial charge on any atom is -0.481 e. The molecule has 2 amide bonds. The van der Waals surface area contributed by atoms with Gasteiger partial charge < -0.3 is 20.1 Å². The van der Waals surface area contributed by atoms with Gasteiger partial charge in [-0.1, -0.05) is 48.5 Å². The second-order valence-electron chi connectivity index (χ2n) is 9.38. The smallest absolute Gasteiger partial charge is 0.407 e. The Morgan fingerprint density at radius 3 is 2.33 bits per heavy atom. The number of hydrogen-bond donors (Lipinski definition) is 2. The number of carboxylic acids is 1. The van der Waals surface area contributed by atoms with Gasteiger partial charge in [0, 0.05) is 31.0 Å². The molecular formula is C26H28N2O5. The molecule has 4 atom stereocenters. The maximum atomic E-state index is 12.6. The second-order valence-corrected chi connectivity index (χ2v) is 9.38. The van der Waals surface area contributed by atoms with Crippen LogP contribution >= 0.6 is 0 Å². The van der Waals surface area contributed by atoms with E-state index in [2.05, 4.69) is 29.6 Å². The molecule has 3 fully saturated rings. The number of fused-ring (bicyclic) bond motifs is 4. The molecule has 2 aliphatic heterocycles. The van der Waals surface area contributed by atoms with Crippen molar-refractivity contribution in [3.05, 3.63) is 59.7 Å². The quantitative estimate of drug-likeness (QED) is 0.674. The molecule has 2 aliphatic carbocycles. The highest BCUT2D eigenvalue weighted by Gasteiger charge is 2.56. The zero-order valence-electron chi connectivity index (χ0n) is 18.6. The number of aliphatic carboxylic acids is 1. The summed E-state index contributed by atoms with van der Waals surface area (Å²) in [7, 11) is 0. The van der Waals surface area contributed by atoms with Crippen molar-refractivity contribution < 1.29 is 24.2 Å². The molecule has 2 saturated heterocycles. The zero-order chi connectivity index (χ0) is 23.1. The first-order valence-corrected chi connectivity index (χ1v) is 11.6. The van der Waals surface area contributed by atoms with Gasteiger partial charge in [0.25, 0.3) is 0 Å². The van der Waals surface area contributed by atoms with Gasteiger partial charge in [0.15, 0.2) is 0 Å². The van der Waals surface area contributed by atoms with Crippen LogP contribution in [0.15, 0.2) is 48.5 Å². The van der Waals surface area contributed by atoms with E-state index in [-0.39, 0.29) is 42.9 Å². The summed E-state index contributed by atoms with van der Waals surface area (Å²) in [5.41, 5.74) is 4.68. The molecule has 4 aliphatic rings. The Morgan fingerprint density at radius 1 is 1.09 bits per heavy atom. The molecule has 7 nitrogen and oxygen atoms in total. The van der Waals surface area contributed by atoms with Gasteiger partial charge in [0.05, 0.1) is 5.92 Å². The zero-order valence-corrected chi connectivity index (χ0v) is 18.6. The Morgan fingerprint density at radius 2 is 1.73 bits per heavy atom. The first kappa shape index (κ1) is 21.5. The van der Waals surface area contributed by atoms with Crippen LogP contribution in [0.1, 0.15) is 43.2 Å². The summed E-state index contributed by atoms with van der Waals surface area (Å²) >= 11 is 0. The van der Waals surface area contributed by atoms with E-state index in [1.54, 1.807) is 4.90 Å². The minimum atomic E-state index is -0.808. The standard InChI is InChI=1S/C26H28N2O5/c1-15(10-11-23(29)28-13-16-12-22(28)24(16)25(30)31)27-26(32)33-14-21-19-8-4-2-6-17(19)18-7-3-5-9-20(18)21/h2-9,15-16,21-22,24H,10-14H2,1H3,(H,27,32)(H,30,31). The van der Waals surface area contributed by atoms with Crippen LogP contribution in [-0.2, 0) is 14.3 Å². The van der Waals surface area contributed by atoms with Crippen molar-refractivity contribution in [2.75, 3.05) is 13.2 Å². The first-order chi connectivity index (χ1) is 15.9. The van der Waals surface area contributed by atoms with E-state index in [0.717, 1.165) is 17.5 Å². The lowest BCUT2D eigenvalue weighted by atomic mass is 9.74. The van der Waals surface area contributed by atoms with Gasteiger partial charge in [0.2, 0.25) is 5.91 Å². The number of carboxylic acid groups (broad SMARTS) is 1. The Kier molecular flexibility index (Phi) is 5.56. The maximum Gasteiger partial charge on any atom is 0.407 e. The van der Waals surface area contributed by atoms with Gasteiger partial charge in [-0.15, -0.1) is 0 Å². The van der Waals surface area contributed by atoms with Gasteiger partial charge in [0.1, 0.15) is 6.61 Å². The number of amides is 2. The topological polar surface area (TPSA) is 95.9 Å². The van der Waals surface area contributed by atoms with E-state index in [1.807, 2.05) is 31.2 Å². The third kappa shape index (κ3) is 3.86. The lowest BCUT2D eigenvalue weighted by molar-refractivity contribution is -0.148. The van der Waals surface area contributed by atoms with Gasteiger partial charge >= 0.3 is 12.1 Å². The fraction of sp³-hybridized carbons (Fsp3) is 0.423. The number of benzene rings is 2. The number of carbonyl (C=O) groups excluding carboxylic acids is 2. The van der Waals surface area contributed by atoms with E-state index < -0.39 is 18.0 Å². The first-order valence-electron chi connectivity index (χ1n) is 11.6. The Bertz CT molecular complexity index is 1050. The van der Waals surface area contributed by atoms with Gasteiger partial charge in [-0.25, -0.2) is 4.79 Å². The molecule has 172 valence electrons. The van der Waals surface area contributed by atoms with Crippen molar-refractivity contribution in [2.24, 2.45) is 11.8 Å². The maximum absolute atomic E-state index is 12.6. The molecule has 0 radical (unpaired) electrons. The van der Waals surface area contributed by atoms with Crippen LogP contribution in [0.3, 0.4) is 0 Å². The van der Waals surface area contributed by atoms with E-state index in [0.29, 0.717) is 13.0 Å². The molecule has 2 aromatic rings. The molecule has 4 unspecified atom stereocenters. The number of alkyl carbamates (subject to hydrolysis) is 1. The van der Waals surface area contributed by atoms with Crippen molar-refractivity contribution in [3.63, 3.8) is 0 Å². The van der Waals surface area contributed by atoms with Crippen LogP contribution in [0.25, 0.3) is 11.1 Å². The van der Waals surface area contributed by atoms with E-state index in [1.165, 1.54) is 11.1 Å². The average Bonchev–Trinajstić information content (AvgIpc) is 3.47. The molecule has 0 spiro atoms. The monoisotopic (exact) mass is 448 g/mol. The summed E-state index contributed by atoms with van der Waals surface area (Å²) in [4.78, 5) is 38.0. The highest BCUT2D eigenvalue weighted by molar-refractivity contribution is 5.81. The highest BCUT2D eigenvalue weighted by Crippen LogP contribution is 2.47. The largest absolute Gasteiger partial charge is 0.481 e. The van der Waals surface area contributed by atoms with Crippen molar-refractivity contribution in [1.29, 1.82) is 0 Å². The molecule has 0 aromatic heterocycles. The van der Waals surface area contributed by atoms with Gasteiger partial charge in [-0.3, -0.25) is 9.59 Å². The summed E-state index contributed by atoms with van der Waals surface area (Å²) in [5.74, 6) is -1.16. The van der Waals surface area contributed by atoms with Crippen LogP contribution in [0.4, 0.5) is 4.79 Å².